The van der Waals surface area contributed by atoms with Gasteiger partial charge < -0.3 is 36.9 Å². The molecule has 1 aromatic heterocycles. The Labute approximate surface area is 201 Å². The predicted octanol–water partition coefficient (Wildman–Crippen LogP) is -0.271. The topological polar surface area (TPSA) is 204 Å². The van der Waals surface area contributed by atoms with Crippen molar-refractivity contribution in [2.45, 2.75) is 51.2 Å². The van der Waals surface area contributed by atoms with E-state index in [1.165, 1.54) is 0 Å². The Morgan fingerprint density at radius 2 is 1.74 bits per heavy atom. The molecule has 8 N–H and O–H groups in total. The molecule has 12 heteroatoms. The number of H-pyrrole nitrogens is 1. The quantitative estimate of drug-likeness (QED) is 0.199. The minimum Gasteiger partial charge on any atom is -0.481 e. The summed E-state index contributed by atoms with van der Waals surface area (Å²) < 4.78 is 0. The van der Waals surface area contributed by atoms with Gasteiger partial charge in [-0.25, -0.2) is 4.79 Å². The summed E-state index contributed by atoms with van der Waals surface area (Å²) in [6.45, 7) is 2.83. The zero-order valence-corrected chi connectivity index (χ0v) is 19.5. The van der Waals surface area contributed by atoms with Gasteiger partial charge in [-0.15, -0.1) is 0 Å². The fraction of sp³-hybridized carbons (Fsp3) is 0.435. The van der Waals surface area contributed by atoms with E-state index in [1.807, 2.05) is 24.3 Å². The largest absolute Gasteiger partial charge is 0.481 e. The van der Waals surface area contributed by atoms with Gasteiger partial charge >= 0.3 is 11.9 Å². The molecule has 190 valence electrons. The Morgan fingerprint density at radius 3 is 2.37 bits per heavy atom. The molecule has 1 aromatic carbocycles. The first-order valence-corrected chi connectivity index (χ1v) is 11.2. The minimum absolute atomic E-state index is 0.216. The SMILES string of the molecule is CCC(C)C(NC(=O)C(CC(=O)O)NC(=O)CNC(=O)C(N)Cc1c[nH]c2ccccc12)C(=O)O. The number of fused-ring (bicyclic) bond motifs is 1. The molecule has 0 aliphatic rings. The molecule has 0 fully saturated rings. The van der Waals surface area contributed by atoms with Crippen LogP contribution in [-0.4, -0.2) is 69.5 Å². The third kappa shape index (κ3) is 7.81. The second kappa shape index (κ2) is 12.5. The highest BCUT2D eigenvalue weighted by molar-refractivity contribution is 5.94. The van der Waals surface area contributed by atoms with E-state index in [2.05, 4.69) is 20.9 Å². The molecule has 0 aliphatic carbocycles. The third-order valence-corrected chi connectivity index (χ3v) is 5.68. The molecule has 2 rings (SSSR count). The van der Waals surface area contributed by atoms with Crippen molar-refractivity contribution in [2.24, 2.45) is 11.7 Å². The second-order valence-electron chi connectivity index (χ2n) is 8.32. The molecule has 4 atom stereocenters. The number of benzene rings is 1. The summed E-state index contributed by atoms with van der Waals surface area (Å²) in [5, 5.41) is 26.2. The Morgan fingerprint density at radius 1 is 1.06 bits per heavy atom. The van der Waals surface area contributed by atoms with Crippen LogP contribution < -0.4 is 21.7 Å². The lowest BCUT2D eigenvalue weighted by Crippen LogP contribution is -2.55. The molecule has 0 spiro atoms. The molecule has 3 amide bonds. The maximum atomic E-state index is 12.5. The maximum Gasteiger partial charge on any atom is 0.326 e. The highest BCUT2D eigenvalue weighted by Crippen LogP contribution is 2.18. The van der Waals surface area contributed by atoms with Crippen LogP contribution >= 0.6 is 0 Å². The predicted molar refractivity (Wildman–Crippen MR) is 126 cm³/mol. The van der Waals surface area contributed by atoms with Gasteiger partial charge in [0.2, 0.25) is 17.7 Å². The summed E-state index contributed by atoms with van der Waals surface area (Å²) in [7, 11) is 0. The van der Waals surface area contributed by atoms with Crippen LogP contribution in [0.25, 0.3) is 10.9 Å². The number of hydrogen-bond donors (Lipinski definition) is 7. The third-order valence-electron chi connectivity index (χ3n) is 5.68. The summed E-state index contributed by atoms with van der Waals surface area (Å²) in [4.78, 5) is 62.9. The molecule has 0 aliphatic heterocycles. The molecule has 12 nitrogen and oxygen atoms in total. The lowest BCUT2D eigenvalue weighted by atomic mass is 9.98. The number of nitrogens with one attached hydrogen (secondary N) is 4. The van der Waals surface area contributed by atoms with E-state index >= 15 is 0 Å². The number of carboxylic acid groups (broad SMARTS) is 2. The highest BCUT2D eigenvalue weighted by Gasteiger charge is 2.31. The zero-order chi connectivity index (χ0) is 26.1. The van der Waals surface area contributed by atoms with Gasteiger partial charge in [0, 0.05) is 17.1 Å². The van der Waals surface area contributed by atoms with E-state index in [0.29, 0.717) is 6.42 Å². The molecule has 35 heavy (non-hydrogen) atoms. The smallest absolute Gasteiger partial charge is 0.326 e. The van der Waals surface area contributed by atoms with E-state index in [-0.39, 0.29) is 6.42 Å². The second-order valence-corrected chi connectivity index (χ2v) is 8.32. The summed E-state index contributed by atoms with van der Waals surface area (Å²) in [6.07, 6.45) is 1.66. The first kappa shape index (κ1) is 27.3. The van der Waals surface area contributed by atoms with Crippen molar-refractivity contribution in [2.75, 3.05) is 6.54 Å². The number of aromatic nitrogens is 1. The van der Waals surface area contributed by atoms with Gasteiger partial charge in [0.25, 0.3) is 0 Å². The Hall–Kier alpha value is -3.93. The Bertz CT molecular complexity index is 1080. The van der Waals surface area contributed by atoms with Crippen LogP contribution in [0.5, 0.6) is 0 Å². The van der Waals surface area contributed by atoms with E-state index < -0.39 is 66.7 Å². The molecule has 0 saturated heterocycles. The summed E-state index contributed by atoms with van der Waals surface area (Å²) >= 11 is 0. The van der Waals surface area contributed by atoms with Crippen LogP contribution in [0.4, 0.5) is 0 Å². The molecular formula is C23H31N5O7. The number of hydrogen-bond acceptors (Lipinski definition) is 6. The number of nitrogens with two attached hydrogens (primary N) is 1. The Kier molecular flexibility index (Phi) is 9.76. The standard InChI is InChI=1S/C23H31N5O7/c1-3-12(2)20(23(34)35)28-22(33)17(9-19(30)31)27-18(29)11-26-21(32)15(24)8-13-10-25-16-7-5-4-6-14(13)16/h4-7,10,12,15,17,20,25H,3,8-9,11,24H2,1-2H3,(H,26,32)(H,27,29)(H,28,33)(H,30,31)(H,34,35). The lowest BCUT2D eigenvalue weighted by molar-refractivity contribution is -0.144. The van der Waals surface area contributed by atoms with Crippen LogP contribution in [-0.2, 0) is 30.4 Å². The first-order valence-electron chi connectivity index (χ1n) is 11.2. The van der Waals surface area contributed by atoms with E-state index in [0.717, 1.165) is 16.5 Å². The van der Waals surface area contributed by atoms with Crippen molar-refractivity contribution in [1.82, 2.24) is 20.9 Å². The average Bonchev–Trinajstić information content (AvgIpc) is 3.22. The van der Waals surface area contributed by atoms with E-state index in [4.69, 9.17) is 10.8 Å². The molecule has 0 saturated carbocycles. The normalized spacial score (nSPS) is 14.4. The number of para-hydroxylation sites is 1. The monoisotopic (exact) mass is 489 g/mol. The van der Waals surface area contributed by atoms with Crippen LogP contribution in [0.2, 0.25) is 0 Å². The molecule has 0 bridgehead atoms. The van der Waals surface area contributed by atoms with Gasteiger partial charge in [-0.2, -0.15) is 0 Å². The van der Waals surface area contributed by atoms with Gasteiger partial charge in [-0.05, 0) is 24.0 Å². The number of aliphatic carboxylic acids is 2. The fourth-order valence-electron chi connectivity index (χ4n) is 3.49. The maximum absolute atomic E-state index is 12.5. The minimum atomic E-state index is -1.53. The van der Waals surface area contributed by atoms with Crippen LogP contribution in [0.1, 0.15) is 32.3 Å². The lowest BCUT2D eigenvalue weighted by Gasteiger charge is -2.23. The molecule has 2 aromatic rings. The molecule has 0 radical (unpaired) electrons. The van der Waals surface area contributed by atoms with Crippen molar-refractivity contribution < 1.29 is 34.2 Å². The van der Waals surface area contributed by atoms with Crippen molar-refractivity contribution in [1.29, 1.82) is 0 Å². The van der Waals surface area contributed by atoms with Gasteiger partial charge in [0.1, 0.15) is 12.1 Å². The molecular weight excluding hydrogens is 458 g/mol. The first-order chi connectivity index (χ1) is 16.5. The zero-order valence-electron chi connectivity index (χ0n) is 19.5. The van der Waals surface area contributed by atoms with Crippen molar-refractivity contribution in [3.8, 4) is 0 Å². The van der Waals surface area contributed by atoms with E-state index in [9.17, 15) is 29.1 Å². The van der Waals surface area contributed by atoms with Gasteiger partial charge in [0.15, 0.2) is 0 Å². The summed E-state index contributed by atoms with van der Waals surface area (Å²) in [5.41, 5.74) is 7.70. The highest BCUT2D eigenvalue weighted by atomic mass is 16.4. The fourth-order valence-corrected chi connectivity index (χ4v) is 3.49. The number of aromatic amines is 1. The van der Waals surface area contributed by atoms with Gasteiger partial charge in [-0.3, -0.25) is 19.2 Å². The van der Waals surface area contributed by atoms with Crippen molar-refractivity contribution in [3.63, 3.8) is 0 Å². The van der Waals surface area contributed by atoms with Crippen molar-refractivity contribution in [3.05, 3.63) is 36.0 Å². The number of carbonyl (C=O) groups is 5. The van der Waals surface area contributed by atoms with Gasteiger partial charge in [-0.1, -0.05) is 38.5 Å². The number of carbonyl (C=O) groups excluding carboxylic acids is 3. The molecule has 1 heterocycles. The van der Waals surface area contributed by atoms with Gasteiger partial charge in [0.05, 0.1) is 19.0 Å². The molecule has 4 unspecified atom stereocenters. The number of amides is 3. The van der Waals surface area contributed by atoms with Crippen LogP contribution in [0.15, 0.2) is 30.5 Å². The van der Waals surface area contributed by atoms with E-state index in [1.54, 1.807) is 20.0 Å². The summed E-state index contributed by atoms with van der Waals surface area (Å²) in [5.74, 6) is -5.44. The average molecular weight is 490 g/mol. The number of carboxylic acids is 2. The van der Waals surface area contributed by atoms with Crippen LogP contribution in [0, 0.1) is 5.92 Å². The van der Waals surface area contributed by atoms with Crippen LogP contribution in [0.3, 0.4) is 0 Å². The number of rotatable bonds is 13. The Balaban J connectivity index is 1.93. The summed E-state index contributed by atoms with van der Waals surface area (Å²) in [6, 6.07) is 3.79. The van der Waals surface area contributed by atoms with Crippen molar-refractivity contribution >= 4 is 40.6 Å².